The van der Waals surface area contributed by atoms with Crippen molar-refractivity contribution in [3.05, 3.63) is 24.3 Å². The third kappa shape index (κ3) is 1.52. The summed E-state index contributed by atoms with van der Waals surface area (Å²) in [5, 5.41) is 18.0. The quantitative estimate of drug-likeness (QED) is 0.433. The fourth-order valence-electron chi connectivity index (χ4n) is 1.22. The molecule has 0 amide bonds. The van der Waals surface area contributed by atoms with Crippen molar-refractivity contribution in [1.82, 2.24) is 4.48 Å². The van der Waals surface area contributed by atoms with Crippen LogP contribution in [0.3, 0.4) is 0 Å². The summed E-state index contributed by atoms with van der Waals surface area (Å²) in [4.78, 5) is 0. The van der Waals surface area contributed by atoms with Gasteiger partial charge in [0, 0.05) is 17.8 Å². The van der Waals surface area contributed by atoms with Gasteiger partial charge in [0.25, 0.3) is 0 Å². The molecular formula is C10H11N4+. The van der Waals surface area contributed by atoms with E-state index in [4.69, 9.17) is 16.3 Å². The van der Waals surface area contributed by atoms with Gasteiger partial charge in [-0.2, -0.15) is 0 Å². The van der Waals surface area contributed by atoms with Crippen LogP contribution >= 0.6 is 0 Å². The normalized spacial score (nSPS) is 10.2. The van der Waals surface area contributed by atoms with Gasteiger partial charge < -0.3 is 5.73 Å². The van der Waals surface area contributed by atoms with Crippen molar-refractivity contribution in [1.29, 1.82) is 10.5 Å². The number of hydrogen-bond acceptors (Lipinski definition) is 3. The average molecular weight is 187 g/mol. The molecule has 70 valence electrons. The van der Waals surface area contributed by atoms with Crippen molar-refractivity contribution in [2.24, 2.45) is 0 Å². The Bertz CT molecular complexity index is 397. The van der Waals surface area contributed by atoms with E-state index >= 15 is 0 Å². The number of benzene rings is 1. The molecule has 0 radical (unpaired) electrons. The fraction of sp³-hybridized carbons (Fsp3) is 0.200. The SMILES string of the molecule is CC[N+](C#N)(C#N)c1cccc(N)c1. The van der Waals surface area contributed by atoms with E-state index in [1.165, 1.54) is 0 Å². The van der Waals surface area contributed by atoms with Gasteiger partial charge in [-0.1, -0.05) is 10.5 Å². The highest BCUT2D eigenvalue weighted by atomic mass is 15.3. The van der Waals surface area contributed by atoms with Gasteiger partial charge in [0.1, 0.15) is 6.54 Å². The Hall–Kier alpha value is -2.04. The maximum atomic E-state index is 8.98. The molecule has 0 aliphatic rings. The van der Waals surface area contributed by atoms with Gasteiger partial charge in [0.05, 0.1) is 0 Å². The first-order chi connectivity index (χ1) is 6.68. The lowest BCUT2D eigenvalue weighted by molar-refractivity contribution is 0.553. The van der Waals surface area contributed by atoms with Gasteiger partial charge >= 0.3 is 12.4 Å². The van der Waals surface area contributed by atoms with Crippen molar-refractivity contribution in [2.75, 3.05) is 12.3 Å². The minimum absolute atomic E-state index is 0.370. The Morgan fingerprint density at radius 3 is 2.43 bits per heavy atom. The van der Waals surface area contributed by atoms with E-state index in [0.29, 0.717) is 17.9 Å². The van der Waals surface area contributed by atoms with Gasteiger partial charge in [0.15, 0.2) is 5.69 Å². The van der Waals surface area contributed by atoms with Crippen molar-refractivity contribution >= 4 is 11.4 Å². The molecule has 1 rings (SSSR count). The number of hydrogen-bond donors (Lipinski definition) is 1. The lowest BCUT2D eigenvalue weighted by Gasteiger charge is -2.16. The molecule has 0 spiro atoms. The minimum Gasteiger partial charge on any atom is -0.399 e. The average Bonchev–Trinajstić information content (AvgIpc) is 2.22. The molecule has 0 saturated carbocycles. The molecule has 0 saturated heterocycles. The minimum atomic E-state index is -0.370. The second-order valence-corrected chi connectivity index (χ2v) is 2.92. The van der Waals surface area contributed by atoms with E-state index < -0.39 is 0 Å². The molecule has 0 heterocycles. The van der Waals surface area contributed by atoms with Gasteiger partial charge in [-0.05, 0) is 13.0 Å². The molecule has 0 aliphatic carbocycles. The number of quaternary nitrogens is 1. The van der Waals surface area contributed by atoms with E-state index in [9.17, 15) is 0 Å². The number of nitrogens with two attached hydrogens (primary N) is 1. The maximum absolute atomic E-state index is 8.98. The predicted molar refractivity (Wildman–Crippen MR) is 54.4 cm³/mol. The Balaban J connectivity index is 3.28. The zero-order chi connectivity index (χ0) is 10.6. The van der Waals surface area contributed by atoms with Crippen LogP contribution in [-0.4, -0.2) is 6.54 Å². The molecule has 0 fully saturated rings. The maximum Gasteiger partial charge on any atom is 0.330 e. The summed E-state index contributed by atoms with van der Waals surface area (Å²) < 4.78 is -0.370. The van der Waals surface area contributed by atoms with Crippen LogP contribution in [0.25, 0.3) is 0 Å². The number of nitrogen functional groups attached to an aromatic ring is 1. The van der Waals surface area contributed by atoms with E-state index in [-0.39, 0.29) is 4.48 Å². The zero-order valence-electron chi connectivity index (χ0n) is 7.94. The summed E-state index contributed by atoms with van der Waals surface area (Å²) in [5.74, 6) is 0. The van der Waals surface area contributed by atoms with Crippen LogP contribution in [0.1, 0.15) is 6.92 Å². The van der Waals surface area contributed by atoms with E-state index in [1.807, 2.05) is 12.4 Å². The molecule has 0 aromatic heterocycles. The van der Waals surface area contributed by atoms with Gasteiger partial charge in [0.2, 0.25) is 0 Å². The van der Waals surface area contributed by atoms with Crippen LogP contribution in [0.4, 0.5) is 11.4 Å². The van der Waals surface area contributed by atoms with E-state index in [1.54, 1.807) is 31.2 Å². The first-order valence-corrected chi connectivity index (χ1v) is 4.25. The molecule has 14 heavy (non-hydrogen) atoms. The van der Waals surface area contributed by atoms with Crippen molar-refractivity contribution in [3.8, 4) is 12.4 Å². The number of nitrogens with zero attached hydrogens (tertiary/aromatic N) is 3. The zero-order valence-corrected chi connectivity index (χ0v) is 7.94. The largest absolute Gasteiger partial charge is 0.399 e. The highest BCUT2D eigenvalue weighted by Gasteiger charge is 2.30. The van der Waals surface area contributed by atoms with Gasteiger partial charge in [-0.15, -0.1) is 10.5 Å². The number of nitriles is 2. The third-order valence-electron chi connectivity index (χ3n) is 2.13. The number of rotatable bonds is 2. The Morgan fingerprint density at radius 2 is 2.00 bits per heavy atom. The first kappa shape index (κ1) is 10.0. The second kappa shape index (κ2) is 3.78. The lowest BCUT2D eigenvalue weighted by Crippen LogP contribution is -2.38. The lowest BCUT2D eigenvalue weighted by atomic mass is 10.2. The fourth-order valence-corrected chi connectivity index (χ4v) is 1.22. The van der Waals surface area contributed by atoms with Crippen molar-refractivity contribution < 1.29 is 0 Å². The molecule has 4 heteroatoms. The van der Waals surface area contributed by atoms with Crippen LogP contribution in [0, 0.1) is 22.9 Å². The predicted octanol–water partition coefficient (Wildman–Crippen LogP) is 1.56. The first-order valence-electron chi connectivity index (χ1n) is 4.25. The van der Waals surface area contributed by atoms with Crippen LogP contribution in [-0.2, 0) is 0 Å². The summed E-state index contributed by atoms with van der Waals surface area (Å²) in [6.07, 6.45) is 3.96. The molecule has 1 aromatic carbocycles. The smallest absolute Gasteiger partial charge is 0.330 e. The third-order valence-corrected chi connectivity index (χ3v) is 2.13. The van der Waals surface area contributed by atoms with Gasteiger partial charge in [-0.3, -0.25) is 0 Å². The second-order valence-electron chi connectivity index (χ2n) is 2.92. The van der Waals surface area contributed by atoms with Crippen molar-refractivity contribution in [2.45, 2.75) is 6.92 Å². The van der Waals surface area contributed by atoms with E-state index in [2.05, 4.69) is 0 Å². The Labute approximate surface area is 83.0 Å². The highest BCUT2D eigenvalue weighted by molar-refractivity contribution is 5.57. The molecule has 0 bridgehead atoms. The van der Waals surface area contributed by atoms with Crippen LogP contribution in [0.15, 0.2) is 24.3 Å². The van der Waals surface area contributed by atoms with Crippen LogP contribution in [0.5, 0.6) is 0 Å². The topological polar surface area (TPSA) is 73.6 Å². The highest BCUT2D eigenvalue weighted by Crippen LogP contribution is 2.23. The summed E-state index contributed by atoms with van der Waals surface area (Å²) in [6.45, 7) is 2.19. The summed E-state index contributed by atoms with van der Waals surface area (Å²) in [6, 6.07) is 6.84. The van der Waals surface area contributed by atoms with Gasteiger partial charge in [-0.25, -0.2) is 0 Å². The summed E-state index contributed by atoms with van der Waals surface area (Å²) >= 11 is 0. The summed E-state index contributed by atoms with van der Waals surface area (Å²) in [7, 11) is 0. The van der Waals surface area contributed by atoms with Crippen LogP contribution < -0.4 is 10.2 Å². The number of anilines is 1. The molecule has 0 unspecified atom stereocenters. The standard InChI is InChI=1S/C10H11N4/c1-2-14(7-11,8-12)10-5-3-4-9(13)6-10/h3-6H,2,13H2,1H3/q+1. The summed E-state index contributed by atoms with van der Waals surface area (Å²) in [5.41, 5.74) is 6.76. The van der Waals surface area contributed by atoms with E-state index in [0.717, 1.165) is 0 Å². The molecule has 0 aliphatic heterocycles. The molecule has 2 N–H and O–H groups in total. The van der Waals surface area contributed by atoms with Crippen molar-refractivity contribution in [3.63, 3.8) is 0 Å². The molecule has 4 nitrogen and oxygen atoms in total. The molecule has 1 aromatic rings. The molecule has 0 atom stereocenters. The van der Waals surface area contributed by atoms with Crippen LogP contribution in [0.2, 0.25) is 0 Å². The Kier molecular flexibility index (Phi) is 2.71. The monoisotopic (exact) mass is 187 g/mol. The molecular weight excluding hydrogens is 176 g/mol. The Morgan fingerprint density at radius 1 is 1.36 bits per heavy atom.